The fraction of sp³-hybridized carbons (Fsp3) is 0.353. The predicted molar refractivity (Wildman–Crippen MR) is 100 cm³/mol. The van der Waals surface area contributed by atoms with Crippen molar-refractivity contribution in [2.24, 2.45) is 0 Å². The quantitative estimate of drug-likeness (QED) is 0.417. The number of nitrogens with zero attached hydrogens (tertiary/aromatic N) is 5. The molecule has 0 aliphatic heterocycles. The zero-order chi connectivity index (χ0) is 18.9. The molecular weight excluding hydrogens is 368 g/mol. The molecule has 0 fully saturated rings. The van der Waals surface area contributed by atoms with E-state index in [9.17, 15) is 4.79 Å². The highest BCUT2D eigenvalue weighted by Gasteiger charge is 2.16. The second-order valence-corrected chi connectivity index (χ2v) is 6.41. The van der Waals surface area contributed by atoms with Crippen molar-refractivity contribution in [3.05, 3.63) is 36.9 Å². The topological polar surface area (TPSA) is 108 Å². The Morgan fingerprint density at radius 1 is 1.30 bits per heavy atom. The van der Waals surface area contributed by atoms with Crippen LogP contribution < -0.4 is 5.32 Å². The van der Waals surface area contributed by atoms with E-state index in [1.165, 1.54) is 18.0 Å². The van der Waals surface area contributed by atoms with Gasteiger partial charge in [0.25, 0.3) is 0 Å². The van der Waals surface area contributed by atoms with Crippen molar-refractivity contribution in [1.29, 1.82) is 0 Å². The summed E-state index contributed by atoms with van der Waals surface area (Å²) in [7, 11) is 0. The molecule has 0 radical (unpaired) electrons. The van der Waals surface area contributed by atoms with Crippen LogP contribution in [-0.2, 0) is 16.1 Å². The van der Waals surface area contributed by atoms with Crippen LogP contribution in [0, 0.1) is 0 Å². The number of carbonyl (C=O) groups is 1. The van der Waals surface area contributed by atoms with Gasteiger partial charge in [-0.1, -0.05) is 16.9 Å². The van der Waals surface area contributed by atoms with E-state index >= 15 is 0 Å². The number of pyridine rings is 1. The van der Waals surface area contributed by atoms with Gasteiger partial charge in [-0.05, 0) is 25.5 Å². The first-order valence-corrected chi connectivity index (χ1v) is 9.51. The monoisotopic (exact) mass is 388 g/mol. The van der Waals surface area contributed by atoms with E-state index in [4.69, 9.17) is 9.26 Å². The van der Waals surface area contributed by atoms with E-state index in [1.807, 2.05) is 23.6 Å². The highest BCUT2D eigenvalue weighted by molar-refractivity contribution is 7.99. The molecule has 3 aromatic rings. The average molecular weight is 388 g/mol. The van der Waals surface area contributed by atoms with E-state index in [2.05, 4.69) is 25.7 Å². The molecule has 0 aliphatic carbocycles. The fourth-order valence-electron chi connectivity index (χ4n) is 2.37. The van der Waals surface area contributed by atoms with Gasteiger partial charge in [0.2, 0.25) is 5.91 Å². The number of aromatic nitrogens is 5. The third-order valence-corrected chi connectivity index (χ3v) is 4.53. The van der Waals surface area contributed by atoms with Crippen molar-refractivity contribution in [2.45, 2.75) is 25.0 Å². The molecule has 0 aromatic carbocycles. The van der Waals surface area contributed by atoms with Crippen LogP contribution in [0.5, 0.6) is 0 Å². The van der Waals surface area contributed by atoms with Crippen LogP contribution in [0.4, 0.5) is 5.82 Å². The van der Waals surface area contributed by atoms with Gasteiger partial charge in [-0.3, -0.25) is 9.78 Å². The third kappa shape index (κ3) is 5.38. The Morgan fingerprint density at radius 2 is 2.15 bits per heavy atom. The number of anilines is 1. The summed E-state index contributed by atoms with van der Waals surface area (Å²) >= 11 is 1.32. The van der Waals surface area contributed by atoms with Gasteiger partial charge in [0.05, 0.1) is 5.75 Å². The second kappa shape index (κ2) is 9.83. The van der Waals surface area contributed by atoms with E-state index in [1.54, 1.807) is 18.5 Å². The minimum absolute atomic E-state index is 0.187. The standard InChI is InChI=1S/C17H20N6O3S/c1-2-25-10-3-9-23-16(13-4-7-18-8-5-13)20-21-17(23)27-12-15(24)19-14-6-11-26-22-14/h4-8,11H,2-3,9-10,12H2,1H3,(H,19,22,24). The van der Waals surface area contributed by atoms with Crippen LogP contribution >= 0.6 is 11.8 Å². The fourth-order valence-corrected chi connectivity index (χ4v) is 3.13. The lowest BCUT2D eigenvalue weighted by Gasteiger charge is -2.10. The lowest BCUT2D eigenvalue weighted by molar-refractivity contribution is -0.113. The van der Waals surface area contributed by atoms with Gasteiger partial charge < -0.3 is 19.1 Å². The maximum atomic E-state index is 12.1. The van der Waals surface area contributed by atoms with Crippen LogP contribution in [0.2, 0.25) is 0 Å². The van der Waals surface area contributed by atoms with Crippen molar-refractivity contribution in [3.63, 3.8) is 0 Å². The minimum Gasteiger partial charge on any atom is -0.382 e. The zero-order valence-corrected chi connectivity index (χ0v) is 15.7. The molecule has 0 aliphatic rings. The molecule has 0 unspecified atom stereocenters. The highest BCUT2D eigenvalue weighted by atomic mass is 32.2. The van der Waals surface area contributed by atoms with Gasteiger partial charge in [0, 0.05) is 43.8 Å². The molecule has 27 heavy (non-hydrogen) atoms. The van der Waals surface area contributed by atoms with E-state index in [-0.39, 0.29) is 11.7 Å². The molecule has 1 N–H and O–H groups in total. The molecule has 9 nitrogen and oxygen atoms in total. The second-order valence-electron chi connectivity index (χ2n) is 5.47. The van der Waals surface area contributed by atoms with Crippen molar-refractivity contribution < 1.29 is 14.1 Å². The van der Waals surface area contributed by atoms with Crippen LogP contribution in [0.3, 0.4) is 0 Å². The average Bonchev–Trinajstić information content (AvgIpc) is 3.34. The number of ether oxygens (including phenoxy) is 1. The first-order valence-electron chi connectivity index (χ1n) is 8.52. The molecule has 10 heteroatoms. The van der Waals surface area contributed by atoms with Gasteiger partial charge in [0.1, 0.15) is 6.26 Å². The lowest BCUT2D eigenvalue weighted by Crippen LogP contribution is -2.15. The zero-order valence-electron chi connectivity index (χ0n) is 14.9. The summed E-state index contributed by atoms with van der Waals surface area (Å²) < 4.78 is 12.1. The molecule has 0 bridgehead atoms. The molecule has 3 aromatic heterocycles. The van der Waals surface area contributed by atoms with E-state index in [0.29, 0.717) is 30.7 Å². The number of rotatable bonds is 10. The Kier molecular flexibility index (Phi) is 6.94. The maximum Gasteiger partial charge on any atom is 0.236 e. The van der Waals surface area contributed by atoms with Crippen LogP contribution in [0.1, 0.15) is 13.3 Å². The first kappa shape index (κ1) is 19.1. The molecular formula is C17H20N6O3S. The smallest absolute Gasteiger partial charge is 0.236 e. The summed E-state index contributed by atoms with van der Waals surface area (Å²) in [4.78, 5) is 16.1. The largest absolute Gasteiger partial charge is 0.382 e. The van der Waals surface area contributed by atoms with Crippen molar-refractivity contribution in [2.75, 3.05) is 24.3 Å². The summed E-state index contributed by atoms with van der Waals surface area (Å²) in [6.45, 7) is 4.00. The summed E-state index contributed by atoms with van der Waals surface area (Å²) in [5.74, 6) is 1.13. The van der Waals surface area contributed by atoms with Crippen LogP contribution in [-0.4, -0.2) is 49.8 Å². The molecule has 0 spiro atoms. The highest BCUT2D eigenvalue weighted by Crippen LogP contribution is 2.24. The maximum absolute atomic E-state index is 12.1. The predicted octanol–water partition coefficient (Wildman–Crippen LogP) is 2.49. The minimum atomic E-state index is -0.191. The normalized spacial score (nSPS) is 10.9. The molecule has 1 amide bonds. The van der Waals surface area contributed by atoms with E-state index in [0.717, 1.165) is 17.8 Å². The van der Waals surface area contributed by atoms with Crippen molar-refractivity contribution in [3.8, 4) is 11.4 Å². The lowest BCUT2D eigenvalue weighted by atomic mass is 10.2. The number of hydrogen-bond donors (Lipinski definition) is 1. The van der Waals surface area contributed by atoms with Gasteiger partial charge in [-0.15, -0.1) is 10.2 Å². The number of thioether (sulfide) groups is 1. The van der Waals surface area contributed by atoms with Crippen molar-refractivity contribution >= 4 is 23.5 Å². The molecule has 0 atom stereocenters. The first-order chi connectivity index (χ1) is 13.3. The Bertz CT molecular complexity index is 838. The Labute approximate surface area is 160 Å². The summed E-state index contributed by atoms with van der Waals surface area (Å²) in [6.07, 6.45) is 5.65. The van der Waals surface area contributed by atoms with Gasteiger partial charge >= 0.3 is 0 Å². The molecule has 0 saturated heterocycles. The Morgan fingerprint density at radius 3 is 2.89 bits per heavy atom. The Balaban J connectivity index is 1.69. The summed E-state index contributed by atoms with van der Waals surface area (Å²) in [6, 6.07) is 5.35. The van der Waals surface area contributed by atoms with Gasteiger partial charge in [-0.2, -0.15) is 0 Å². The number of hydrogen-bond acceptors (Lipinski definition) is 8. The summed E-state index contributed by atoms with van der Waals surface area (Å²) in [5.41, 5.74) is 0.924. The third-order valence-electron chi connectivity index (χ3n) is 3.57. The SMILES string of the molecule is CCOCCCn1c(SCC(=O)Nc2ccon2)nnc1-c1ccncc1. The number of nitrogens with one attached hydrogen (secondary N) is 1. The summed E-state index contributed by atoms with van der Waals surface area (Å²) in [5, 5.41) is 15.6. The number of carbonyl (C=O) groups excluding carboxylic acids is 1. The Hall–Kier alpha value is -2.72. The van der Waals surface area contributed by atoms with E-state index < -0.39 is 0 Å². The molecule has 0 saturated carbocycles. The molecule has 142 valence electrons. The molecule has 3 rings (SSSR count). The van der Waals surface area contributed by atoms with Crippen molar-refractivity contribution in [1.82, 2.24) is 24.9 Å². The van der Waals surface area contributed by atoms with Gasteiger partial charge in [-0.25, -0.2) is 0 Å². The van der Waals surface area contributed by atoms with Crippen LogP contribution in [0.25, 0.3) is 11.4 Å². The van der Waals surface area contributed by atoms with Gasteiger partial charge in [0.15, 0.2) is 16.8 Å². The molecule has 3 heterocycles. The number of amides is 1. The van der Waals surface area contributed by atoms with Crippen LogP contribution in [0.15, 0.2) is 46.5 Å².